The molecule has 0 unspecified atom stereocenters. The SMILES string of the molecule is CCc1[nH]nc2ccc(Nc3nc(-c4ccc(OC)cc4)nc4ccccc34)cc12. The molecule has 0 fully saturated rings. The maximum absolute atomic E-state index is 5.26. The first-order valence-corrected chi connectivity index (χ1v) is 9.90. The fourth-order valence-electron chi connectivity index (χ4n) is 3.59. The Morgan fingerprint density at radius 2 is 1.73 bits per heavy atom. The fourth-order valence-corrected chi connectivity index (χ4v) is 3.59. The Kier molecular flexibility index (Phi) is 4.52. The number of hydrogen-bond donors (Lipinski definition) is 2. The van der Waals surface area contributed by atoms with Crippen LogP contribution in [0.4, 0.5) is 11.5 Å². The van der Waals surface area contributed by atoms with Crippen molar-refractivity contribution in [1.82, 2.24) is 20.2 Å². The molecule has 6 heteroatoms. The molecule has 3 aromatic carbocycles. The number of aromatic amines is 1. The zero-order valence-corrected chi connectivity index (χ0v) is 16.8. The highest BCUT2D eigenvalue weighted by molar-refractivity contribution is 5.93. The van der Waals surface area contributed by atoms with E-state index >= 15 is 0 Å². The lowest BCUT2D eigenvalue weighted by atomic mass is 10.1. The summed E-state index contributed by atoms with van der Waals surface area (Å²) in [5.41, 5.74) is 4.87. The van der Waals surface area contributed by atoms with Gasteiger partial charge in [0.25, 0.3) is 0 Å². The summed E-state index contributed by atoms with van der Waals surface area (Å²) in [6.45, 7) is 2.12. The molecule has 0 amide bonds. The molecule has 0 radical (unpaired) electrons. The summed E-state index contributed by atoms with van der Waals surface area (Å²) in [5.74, 6) is 2.24. The van der Waals surface area contributed by atoms with Gasteiger partial charge in [-0.05, 0) is 61.0 Å². The number of nitrogens with zero attached hydrogens (tertiary/aromatic N) is 3. The number of para-hydroxylation sites is 1. The standard InChI is InChI=1S/C24H21N5O/c1-3-20-19-14-16(10-13-22(19)29-28-20)25-24-18-6-4-5-7-21(18)26-23(27-24)15-8-11-17(30-2)12-9-15/h4-14H,3H2,1-2H3,(H,28,29)(H,25,26,27). The molecule has 6 nitrogen and oxygen atoms in total. The normalized spacial score (nSPS) is 11.1. The first-order valence-electron chi connectivity index (χ1n) is 9.90. The van der Waals surface area contributed by atoms with Crippen molar-refractivity contribution < 1.29 is 4.74 Å². The molecular formula is C24H21N5O. The number of benzene rings is 3. The molecule has 0 aliphatic rings. The molecule has 0 aliphatic heterocycles. The molecule has 0 saturated carbocycles. The largest absolute Gasteiger partial charge is 0.497 e. The predicted molar refractivity (Wildman–Crippen MR) is 120 cm³/mol. The summed E-state index contributed by atoms with van der Waals surface area (Å²) in [4.78, 5) is 9.61. The van der Waals surface area contributed by atoms with Crippen LogP contribution in [0.2, 0.25) is 0 Å². The average Bonchev–Trinajstić information content (AvgIpc) is 3.21. The molecule has 0 bridgehead atoms. The monoisotopic (exact) mass is 395 g/mol. The van der Waals surface area contributed by atoms with Gasteiger partial charge in [-0.2, -0.15) is 5.10 Å². The highest BCUT2D eigenvalue weighted by Crippen LogP contribution is 2.29. The number of methoxy groups -OCH3 is 1. The van der Waals surface area contributed by atoms with Crippen LogP contribution in [-0.4, -0.2) is 27.3 Å². The topological polar surface area (TPSA) is 75.7 Å². The predicted octanol–water partition coefficient (Wildman–Crippen LogP) is 5.49. The van der Waals surface area contributed by atoms with Crippen molar-refractivity contribution in [3.8, 4) is 17.1 Å². The number of nitrogens with one attached hydrogen (secondary N) is 2. The van der Waals surface area contributed by atoms with Gasteiger partial charge >= 0.3 is 0 Å². The number of fused-ring (bicyclic) bond motifs is 2. The van der Waals surface area contributed by atoms with Crippen LogP contribution in [0.15, 0.2) is 66.7 Å². The molecule has 5 rings (SSSR count). The summed E-state index contributed by atoms with van der Waals surface area (Å²) in [7, 11) is 1.66. The van der Waals surface area contributed by atoms with Gasteiger partial charge in [0.1, 0.15) is 11.6 Å². The third-order valence-electron chi connectivity index (χ3n) is 5.20. The van der Waals surface area contributed by atoms with Gasteiger partial charge in [0, 0.05) is 27.7 Å². The molecule has 148 valence electrons. The first-order chi connectivity index (χ1) is 14.7. The van der Waals surface area contributed by atoms with E-state index in [2.05, 4.69) is 28.5 Å². The minimum absolute atomic E-state index is 0.664. The van der Waals surface area contributed by atoms with Crippen molar-refractivity contribution in [2.45, 2.75) is 13.3 Å². The number of ether oxygens (including phenoxy) is 1. The molecule has 0 aliphatic carbocycles. The van der Waals surface area contributed by atoms with Gasteiger partial charge < -0.3 is 10.1 Å². The van der Waals surface area contributed by atoms with Crippen LogP contribution in [0.5, 0.6) is 5.75 Å². The van der Waals surface area contributed by atoms with E-state index in [0.717, 1.165) is 56.7 Å². The molecule has 5 aromatic rings. The van der Waals surface area contributed by atoms with Crippen molar-refractivity contribution in [3.05, 3.63) is 72.4 Å². The maximum atomic E-state index is 5.26. The molecule has 0 spiro atoms. The van der Waals surface area contributed by atoms with Gasteiger partial charge in [0.05, 0.1) is 18.1 Å². The summed E-state index contributed by atoms with van der Waals surface area (Å²) in [6.07, 6.45) is 0.901. The van der Waals surface area contributed by atoms with Crippen molar-refractivity contribution in [2.24, 2.45) is 0 Å². The van der Waals surface area contributed by atoms with Gasteiger partial charge in [-0.15, -0.1) is 0 Å². The van der Waals surface area contributed by atoms with Crippen LogP contribution in [0.3, 0.4) is 0 Å². The second kappa shape index (κ2) is 7.48. The second-order valence-corrected chi connectivity index (χ2v) is 7.05. The van der Waals surface area contributed by atoms with Crippen LogP contribution < -0.4 is 10.1 Å². The van der Waals surface area contributed by atoms with Gasteiger partial charge in [0.2, 0.25) is 0 Å². The van der Waals surface area contributed by atoms with Crippen molar-refractivity contribution in [1.29, 1.82) is 0 Å². The van der Waals surface area contributed by atoms with Crippen LogP contribution >= 0.6 is 0 Å². The Bertz CT molecular complexity index is 1340. The summed E-state index contributed by atoms with van der Waals surface area (Å²) in [5, 5.41) is 13.1. The highest BCUT2D eigenvalue weighted by atomic mass is 16.5. The van der Waals surface area contributed by atoms with Crippen LogP contribution in [-0.2, 0) is 6.42 Å². The second-order valence-electron chi connectivity index (χ2n) is 7.05. The Labute approximate surface area is 174 Å². The van der Waals surface area contributed by atoms with E-state index in [-0.39, 0.29) is 0 Å². The number of hydrogen-bond acceptors (Lipinski definition) is 5. The Morgan fingerprint density at radius 1 is 0.900 bits per heavy atom. The van der Waals surface area contributed by atoms with Crippen molar-refractivity contribution >= 4 is 33.3 Å². The minimum atomic E-state index is 0.664. The number of aromatic nitrogens is 4. The molecule has 2 aromatic heterocycles. The smallest absolute Gasteiger partial charge is 0.162 e. The highest BCUT2D eigenvalue weighted by Gasteiger charge is 2.11. The zero-order valence-electron chi connectivity index (χ0n) is 16.8. The van der Waals surface area contributed by atoms with E-state index in [1.54, 1.807) is 7.11 Å². The van der Waals surface area contributed by atoms with Crippen LogP contribution in [0.1, 0.15) is 12.6 Å². The van der Waals surface area contributed by atoms with E-state index in [9.17, 15) is 0 Å². The van der Waals surface area contributed by atoms with Gasteiger partial charge in [-0.25, -0.2) is 9.97 Å². The quantitative estimate of drug-likeness (QED) is 0.412. The van der Waals surface area contributed by atoms with E-state index < -0.39 is 0 Å². The van der Waals surface area contributed by atoms with Gasteiger partial charge in [-0.3, -0.25) is 5.10 Å². The fraction of sp³-hybridized carbons (Fsp3) is 0.125. The van der Waals surface area contributed by atoms with Crippen molar-refractivity contribution in [2.75, 3.05) is 12.4 Å². The van der Waals surface area contributed by atoms with E-state index in [0.29, 0.717) is 5.82 Å². The molecule has 2 N–H and O–H groups in total. The lowest BCUT2D eigenvalue weighted by Gasteiger charge is -2.11. The third-order valence-corrected chi connectivity index (χ3v) is 5.20. The molecule has 0 atom stereocenters. The molecule has 30 heavy (non-hydrogen) atoms. The van der Waals surface area contributed by atoms with Crippen LogP contribution in [0, 0.1) is 0 Å². The average molecular weight is 395 g/mol. The van der Waals surface area contributed by atoms with Gasteiger partial charge in [-0.1, -0.05) is 19.1 Å². The zero-order chi connectivity index (χ0) is 20.5. The molecule has 0 saturated heterocycles. The number of rotatable bonds is 5. The maximum Gasteiger partial charge on any atom is 0.162 e. The number of anilines is 2. The third kappa shape index (κ3) is 3.22. The Morgan fingerprint density at radius 3 is 2.53 bits per heavy atom. The number of aryl methyl sites for hydroxylation is 1. The lowest BCUT2D eigenvalue weighted by molar-refractivity contribution is 0.415. The summed E-state index contributed by atoms with van der Waals surface area (Å²) >= 11 is 0. The molecular weight excluding hydrogens is 374 g/mol. The van der Waals surface area contributed by atoms with Crippen LogP contribution in [0.25, 0.3) is 33.2 Å². The lowest BCUT2D eigenvalue weighted by Crippen LogP contribution is -1.99. The minimum Gasteiger partial charge on any atom is -0.497 e. The summed E-state index contributed by atoms with van der Waals surface area (Å²) in [6, 6.07) is 21.9. The Hall–Kier alpha value is -3.93. The first kappa shape index (κ1) is 18.1. The van der Waals surface area contributed by atoms with Crippen molar-refractivity contribution in [3.63, 3.8) is 0 Å². The van der Waals surface area contributed by atoms with E-state index in [1.165, 1.54) is 0 Å². The van der Waals surface area contributed by atoms with E-state index in [4.69, 9.17) is 14.7 Å². The Balaban J connectivity index is 1.60. The van der Waals surface area contributed by atoms with Gasteiger partial charge in [0.15, 0.2) is 5.82 Å². The number of H-pyrrole nitrogens is 1. The summed E-state index contributed by atoms with van der Waals surface area (Å²) < 4.78 is 5.26. The molecule has 2 heterocycles. The van der Waals surface area contributed by atoms with E-state index in [1.807, 2.05) is 60.7 Å².